The molecular weight excluding hydrogens is 231 g/mol. The molecule has 2 unspecified atom stereocenters. The van der Waals surface area contributed by atoms with Gasteiger partial charge in [-0.2, -0.15) is 0 Å². The Bertz CT molecular complexity index is 395. The molecule has 0 aliphatic rings. The van der Waals surface area contributed by atoms with Gasteiger partial charge in [0.15, 0.2) is 0 Å². The molecule has 2 atom stereocenters. The van der Waals surface area contributed by atoms with Crippen molar-refractivity contribution in [2.75, 3.05) is 6.54 Å². The molecule has 0 saturated carbocycles. The Labute approximate surface area is 108 Å². The highest BCUT2D eigenvalue weighted by Crippen LogP contribution is 2.13. The van der Waals surface area contributed by atoms with Gasteiger partial charge in [-0.25, -0.2) is 4.39 Å². The third kappa shape index (κ3) is 4.84. The number of rotatable bonds is 6. The zero-order valence-electron chi connectivity index (χ0n) is 11.2. The summed E-state index contributed by atoms with van der Waals surface area (Å²) in [6.07, 6.45) is 0.424. The third-order valence-corrected chi connectivity index (χ3v) is 2.77. The summed E-state index contributed by atoms with van der Waals surface area (Å²) in [6.45, 7) is 6.66. The molecule has 1 rings (SSSR count). The van der Waals surface area contributed by atoms with Crippen molar-refractivity contribution in [3.63, 3.8) is 0 Å². The zero-order valence-corrected chi connectivity index (χ0v) is 11.2. The van der Waals surface area contributed by atoms with Gasteiger partial charge in [0.1, 0.15) is 5.82 Å². The summed E-state index contributed by atoms with van der Waals surface area (Å²) in [4.78, 5) is 11.8. The van der Waals surface area contributed by atoms with Gasteiger partial charge >= 0.3 is 0 Å². The van der Waals surface area contributed by atoms with E-state index in [9.17, 15) is 9.18 Å². The normalized spacial score (nSPS) is 14.0. The van der Waals surface area contributed by atoms with Crippen molar-refractivity contribution in [3.05, 3.63) is 35.6 Å². The number of carbonyl (C=O) groups is 1. The van der Waals surface area contributed by atoms with Crippen LogP contribution in [0.4, 0.5) is 4.39 Å². The summed E-state index contributed by atoms with van der Waals surface area (Å²) in [5, 5.41) is 6.04. The van der Waals surface area contributed by atoms with Crippen LogP contribution in [0.2, 0.25) is 0 Å². The van der Waals surface area contributed by atoms with Gasteiger partial charge in [-0.05, 0) is 38.1 Å². The van der Waals surface area contributed by atoms with Crippen molar-refractivity contribution >= 4 is 5.91 Å². The molecule has 100 valence electrons. The first kappa shape index (κ1) is 14.6. The number of amides is 1. The van der Waals surface area contributed by atoms with E-state index < -0.39 is 0 Å². The molecule has 1 aromatic rings. The molecule has 1 aromatic carbocycles. The lowest BCUT2D eigenvalue weighted by Crippen LogP contribution is -2.34. The Balaban J connectivity index is 2.49. The average molecular weight is 252 g/mol. The van der Waals surface area contributed by atoms with Crippen LogP contribution >= 0.6 is 0 Å². The fraction of sp³-hybridized carbons (Fsp3) is 0.500. The van der Waals surface area contributed by atoms with Gasteiger partial charge in [0.2, 0.25) is 5.91 Å². The largest absolute Gasteiger partial charge is 0.350 e. The van der Waals surface area contributed by atoms with Gasteiger partial charge in [-0.3, -0.25) is 4.79 Å². The van der Waals surface area contributed by atoms with Crippen LogP contribution in [0.3, 0.4) is 0 Å². The molecule has 4 heteroatoms. The Hall–Kier alpha value is -1.42. The highest BCUT2D eigenvalue weighted by atomic mass is 19.1. The topological polar surface area (TPSA) is 41.1 Å². The maximum absolute atomic E-state index is 13.1. The van der Waals surface area contributed by atoms with Crippen LogP contribution in [0.15, 0.2) is 24.3 Å². The zero-order chi connectivity index (χ0) is 13.5. The summed E-state index contributed by atoms with van der Waals surface area (Å²) >= 11 is 0. The van der Waals surface area contributed by atoms with Crippen molar-refractivity contribution in [1.82, 2.24) is 10.6 Å². The van der Waals surface area contributed by atoms with Gasteiger partial charge in [0.25, 0.3) is 0 Å². The van der Waals surface area contributed by atoms with E-state index in [1.54, 1.807) is 6.07 Å². The number of halogens is 1. The minimum atomic E-state index is -0.283. The van der Waals surface area contributed by atoms with Gasteiger partial charge in [-0.1, -0.05) is 19.1 Å². The van der Waals surface area contributed by atoms with Crippen molar-refractivity contribution in [3.8, 4) is 0 Å². The fourth-order valence-corrected chi connectivity index (χ4v) is 1.86. The number of nitrogens with one attached hydrogen (secondary N) is 2. The average Bonchev–Trinajstić information content (AvgIpc) is 2.28. The molecule has 0 saturated heterocycles. The molecule has 1 amide bonds. The lowest BCUT2D eigenvalue weighted by molar-refractivity contribution is -0.122. The van der Waals surface area contributed by atoms with E-state index in [2.05, 4.69) is 10.6 Å². The van der Waals surface area contributed by atoms with E-state index in [4.69, 9.17) is 0 Å². The summed E-state index contributed by atoms with van der Waals surface area (Å²) < 4.78 is 13.1. The number of carbonyl (C=O) groups excluding carboxylic acids is 1. The minimum Gasteiger partial charge on any atom is -0.350 e. The molecule has 0 aliphatic heterocycles. The Kier molecular flexibility index (Phi) is 5.78. The molecule has 0 bridgehead atoms. The predicted octanol–water partition coefficient (Wildman–Crippen LogP) is 2.39. The molecule has 0 fully saturated rings. The number of benzene rings is 1. The molecule has 3 nitrogen and oxygen atoms in total. The van der Waals surface area contributed by atoms with Crippen LogP contribution in [0.5, 0.6) is 0 Å². The minimum absolute atomic E-state index is 0.0276. The molecule has 0 aliphatic carbocycles. The van der Waals surface area contributed by atoms with Gasteiger partial charge in [-0.15, -0.1) is 0 Å². The summed E-state index contributed by atoms with van der Waals surface area (Å²) in [6, 6.07) is 6.26. The smallest absolute Gasteiger partial charge is 0.222 e. The van der Waals surface area contributed by atoms with E-state index in [0.29, 0.717) is 6.42 Å². The lowest BCUT2D eigenvalue weighted by Gasteiger charge is -2.17. The van der Waals surface area contributed by atoms with Gasteiger partial charge in [0, 0.05) is 12.5 Å². The Morgan fingerprint density at radius 2 is 2.11 bits per heavy atom. The fourth-order valence-electron chi connectivity index (χ4n) is 1.86. The SMILES string of the molecule is CCNC(C)CC(=O)NC(C)c1cccc(F)c1. The van der Waals surface area contributed by atoms with Gasteiger partial charge in [0.05, 0.1) is 6.04 Å². The Morgan fingerprint density at radius 3 is 2.72 bits per heavy atom. The van der Waals surface area contributed by atoms with Crippen molar-refractivity contribution in [1.29, 1.82) is 0 Å². The first-order valence-electron chi connectivity index (χ1n) is 6.31. The Morgan fingerprint density at radius 1 is 1.39 bits per heavy atom. The molecule has 2 N–H and O–H groups in total. The van der Waals surface area contributed by atoms with E-state index in [0.717, 1.165) is 12.1 Å². The maximum Gasteiger partial charge on any atom is 0.222 e. The summed E-state index contributed by atoms with van der Waals surface area (Å²) in [5.74, 6) is -0.310. The standard InChI is InChI=1S/C14H21FN2O/c1-4-16-10(2)8-14(18)17-11(3)12-6-5-7-13(15)9-12/h5-7,9-11,16H,4,8H2,1-3H3,(H,17,18). The van der Waals surface area contributed by atoms with Gasteiger partial charge < -0.3 is 10.6 Å². The van der Waals surface area contributed by atoms with E-state index in [-0.39, 0.29) is 23.8 Å². The second-order valence-electron chi connectivity index (χ2n) is 4.51. The van der Waals surface area contributed by atoms with Crippen LogP contribution in [0.25, 0.3) is 0 Å². The van der Waals surface area contributed by atoms with Crippen molar-refractivity contribution in [2.45, 2.75) is 39.3 Å². The van der Waals surface area contributed by atoms with Crippen LogP contribution in [-0.4, -0.2) is 18.5 Å². The molecule has 0 spiro atoms. The molecule has 0 aromatic heterocycles. The highest BCUT2D eigenvalue weighted by Gasteiger charge is 2.12. The third-order valence-electron chi connectivity index (χ3n) is 2.77. The highest BCUT2D eigenvalue weighted by molar-refractivity contribution is 5.77. The predicted molar refractivity (Wildman–Crippen MR) is 70.7 cm³/mol. The number of hydrogen-bond donors (Lipinski definition) is 2. The molecule has 0 heterocycles. The van der Waals surface area contributed by atoms with Crippen LogP contribution in [-0.2, 0) is 4.79 Å². The maximum atomic E-state index is 13.1. The van der Waals surface area contributed by atoms with Crippen LogP contribution in [0.1, 0.15) is 38.8 Å². The van der Waals surface area contributed by atoms with Crippen LogP contribution in [0, 0.1) is 5.82 Å². The van der Waals surface area contributed by atoms with Crippen LogP contribution < -0.4 is 10.6 Å². The first-order chi connectivity index (χ1) is 8.52. The van der Waals surface area contributed by atoms with E-state index in [1.165, 1.54) is 12.1 Å². The number of hydrogen-bond acceptors (Lipinski definition) is 2. The van der Waals surface area contributed by atoms with E-state index >= 15 is 0 Å². The molecule has 0 radical (unpaired) electrons. The monoisotopic (exact) mass is 252 g/mol. The molecular formula is C14H21FN2O. The molecule has 18 heavy (non-hydrogen) atoms. The summed E-state index contributed by atoms with van der Waals surface area (Å²) in [5.41, 5.74) is 0.777. The second-order valence-corrected chi connectivity index (χ2v) is 4.51. The summed E-state index contributed by atoms with van der Waals surface area (Å²) in [7, 11) is 0. The second kappa shape index (κ2) is 7.11. The lowest BCUT2D eigenvalue weighted by atomic mass is 10.1. The van der Waals surface area contributed by atoms with Crippen molar-refractivity contribution in [2.24, 2.45) is 0 Å². The first-order valence-corrected chi connectivity index (χ1v) is 6.31. The van der Waals surface area contributed by atoms with Crippen molar-refractivity contribution < 1.29 is 9.18 Å². The quantitative estimate of drug-likeness (QED) is 0.816. The van der Waals surface area contributed by atoms with E-state index in [1.807, 2.05) is 26.8 Å².